The number of carbonyl (C=O) groups excluding carboxylic acids is 1. The van der Waals surface area contributed by atoms with E-state index in [-0.39, 0.29) is 0 Å². The largest absolute Gasteiger partial charge is 0.545 e. The van der Waals surface area contributed by atoms with Crippen LogP contribution < -0.4 is 14.5 Å². The molecule has 1 atom stereocenters. The molecule has 2 aromatic rings. The van der Waals surface area contributed by atoms with Crippen molar-refractivity contribution in [3.05, 3.63) is 77.4 Å². The smallest absolute Gasteiger partial charge is 0.328 e. The van der Waals surface area contributed by atoms with Gasteiger partial charge in [-0.15, -0.1) is 0 Å². The third-order valence-corrected chi connectivity index (χ3v) is 7.03. The second kappa shape index (κ2) is 11.6. The second-order valence-electron chi connectivity index (χ2n) is 7.17. The van der Waals surface area contributed by atoms with Gasteiger partial charge in [0.25, 0.3) is 0 Å². The summed E-state index contributed by atoms with van der Waals surface area (Å²) in [5.74, 6) is -2.21. The molecule has 1 heterocycles. The number of quaternary nitrogens is 1. The molecule has 0 radical (unpaired) electrons. The Hall–Kier alpha value is -2.40. The number of hydrogen-bond acceptors (Lipinski definition) is 3. The average molecular weight is 460 g/mol. The number of nitrogens with one attached hydrogen (secondary N) is 1. The molecule has 0 saturated heterocycles. The van der Waals surface area contributed by atoms with E-state index in [1.165, 1.54) is 24.7 Å². The molecule has 2 N–H and O–H groups in total. The predicted octanol–water partition coefficient (Wildman–Crippen LogP) is -0.0366. The monoisotopic (exact) mass is 461 g/mol. The number of aliphatic carboxylic acids is 2. The van der Waals surface area contributed by atoms with E-state index < -0.39 is 11.9 Å². The number of carboxylic acids is 2. The van der Waals surface area contributed by atoms with Gasteiger partial charge in [0.1, 0.15) is 0 Å². The Morgan fingerprint density at radius 2 is 1.76 bits per heavy atom. The molecule has 0 amide bonds. The van der Waals surface area contributed by atoms with E-state index in [1.807, 2.05) is 0 Å². The first kappa shape index (κ1) is 22.9. The first-order chi connectivity index (χ1) is 13.9. The van der Waals surface area contributed by atoms with Gasteiger partial charge in [0.15, 0.2) is 0 Å². The van der Waals surface area contributed by atoms with Gasteiger partial charge in [0, 0.05) is 6.08 Å². The fourth-order valence-electron chi connectivity index (χ4n) is 3.34. The minimum absolute atomic E-state index is 0.447. The maximum absolute atomic E-state index is 9.53. The SMILES string of the molecule is C[NH+](C)CCCC1c2ccccc2C[Se]c2ccccc21.O=C([O-])/C=C/C(=O)O. The van der Waals surface area contributed by atoms with Crippen LogP contribution in [0.3, 0.4) is 0 Å². The summed E-state index contributed by atoms with van der Waals surface area (Å²) < 4.78 is 1.61. The molecular formula is C23H27NO4Se. The molecule has 154 valence electrons. The van der Waals surface area contributed by atoms with Crippen LogP contribution in [0.2, 0.25) is 0 Å². The Balaban J connectivity index is 0.000000321. The van der Waals surface area contributed by atoms with Crippen LogP contribution in [0.4, 0.5) is 0 Å². The molecule has 0 aliphatic carbocycles. The van der Waals surface area contributed by atoms with Crippen LogP contribution in [-0.2, 0) is 14.9 Å². The molecule has 3 rings (SSSR count). The normalized spacial score (nSPS) is 15.1. The first-order valence-electron chi connectivity index (χ1n) is 9.59. The van der Waals surface area contributed by atoms with Crippen molar-refractivity contribution >= 4 is 31.4 Å². The molecule has 6 heteroatoms. The Morgan fingerprint density at radius 1 is 1.10 bits per heavy atom. The average Bonchev–Trinajstić information content (AvgIpc) is 2.84. The number of rotatable bonds is 6. The van der Waals surface area contributed by atoms with Crippen LogP contribution in [0, 0.1) is 0 Å². The van der Waals surface area contributed by atoms with E-state index in [0.29, 0.717) is 33.0 Å². The maximum atomic E-state index is 9.53. The Morgan fingerprint density at radius 3 is 2.38 bits per heavy atom. The molecule has 0 spiro atoms. The number of carboxylic acid groups (broad SMARTS) is 2. The van der Waals surface area contributed by atoms with Crippen molar-refractivity contribution in [2.24, 2.45) is 0 Å². The van der Waals surface area contributed by atoms with E-state index >= 15 is 0 Å². The van der Waals surface area contributed by atoms with Crippen LogP contribution in [0.5, 0.6) is 0 Å². The van der Waals surface area contributed by atoms with Crippen molar-refractivity contribution in [2.45, 2.75) is 24.1 Å². The summed E-state index contributed by atoms with van der Waals surface area (Å²) in [5, 5.41) is 18.5. The summed E-state index contributed by atoms with van der Waals surface area (Å²) in [7, 11) is 4.50. The van der Waals surface area contributed by atoms with Crippen molar-refractivity contribution in [1.82, 2.24) is 0 Å². The van der Waals surface area contributed by atoms with Gasteiger partial charge >= 0.3 is 140 Å². The maximum Gasteiger partial charge on any atom is 0.328 e. The number of carbonyl (C=O) groups is 2. The minimum Gasteiger partial charge on any atom is -0.545 e. The standard InChI is InChI=1S/C19H23NSe.C4H4O4/c1-20(2)13-7-11-17-16-9-4-3-8-15(16)14-21-19-12-6-5-10-18(17)19;5-3(6)1-2-4(7)8/h3-6,8-10,12,17H,7,11,13-14H2,1-2H3;1-2H,(H,5,6)(H,7,8)/b;2-1+. The minimum atomic E-state index is -1.51. The van der Waals surface area contributed by atoms with Gasteiger partial charge in [-0.2, -0.15) is 0 Å². The third kappa shape index (κ3) is 7.50. The van der Waals surface area contributed by atoms with Gasteiger partial charge in [0.2, 0.25) is 0 Å². The summed E-state index contributed by atoms with van der Waals surface area (Å²) in [6.45, 7) is 1.26. The molecule has 1 aliphatic heterocycles. The van der Waals surface area contributed by atoms with Crippen LogP contribution in [-0.4, -0.2) is 52.6 Å². The van der Waals surface area contributed by atoms with Gasteiger partial charge < -0.3 is 15.0 Å². The third-order valence-electron chi connectivity index (χ3n) is 4.64. The van der Waals surface area contributed by atoms with Crippen molar-refractivity contribution < 1.29 is 24.7 Å². The number of benzene rings is 2. The number of hydrogen-bond donors (Lipinski definition) is 2. The van der Waals surface area contributed by atoms with E-state index in [1.54, 1.807) is 26.1 Å². The molecule has 1 unspecified atom stereocenters. The van der Waals surface area contributed by atoms with Crippen LogP contribution in [0.25, 0.3) is 0 Å². The molecule has 0 bridgehead atoms. The molecule has 5 nitrogen and oxygen atoms in total. The van der Waals surface area contributed by atoms with Gasteiger partial charge in [0.05, 0.1) is 5.97 Å². The zero-order chi connectivity index (χ0) is 21.2. The number of fused-ring (bicyclic) bond motifs is 2. The molecule has 29 heavy (non-hydrogen) atoms. The van der Waals surface area contributed by atoms with E-state index in [9.17, 15) is 14.7 Å². The fourth-order valence-corrected chi connectivity index (χ4v) is 5.70. The van der Waals surface area contributed by atoms with Crippen molar-refractivity contribution in [1.29, 1.82) is 0 Å². The molecule has 0 saturated carbocycles. The second-order valence-corrected chi connectivity index (χ2v) is 9.30. The summed E-state index contributed by atoms with van der Waals surface area (Å²) >= 11 is 0.578. The van der Waals surface area contributed by atoms with Crippen LogP contribution >= 0.6 is 0 Å². The van der Waals surface area contributed by atoms with E-state index in [4.69, 9.17) is 5.11 Å². The zero-order valence-electron chi connectivity index (χ0n) is 16.8. The first-order valence-corrected chi connectivity index (χ1v) is 11.7. The van der Waals surface area contributed by atoms with Crippen molar-refractivity contribution in [3.8, 4) is 0 Å². The molecular weight excluding hydrogens is 433 g/mol. The van der Waals surface area contributed by atoms with Crippen LogP contribution in [0.15, 0.2) is 60.7 Å². The molecule has 0 aromatic heterocycles. The fraction of sp³-hybridized carbons (Fsp3) is 0.304. The Labute approximate surface area is 178 Å². The predicted molar refractivity (Wildman–Crippen MR) is 113 cm³/mol. The summed E-state index contributed by atoms with van der Waals surface area (Å²) in [6.07, 6.45) is 3.51. The summed E-state index contributed by atoms with van der Waals surface area (Å²) in [5.41, 5.74) is 4.75. The van der Waals surface area contributed by atoms with E-state index in [2.05, 4.69) is 62.6 Å². The molecule has 0 fully saturated rings. The zero-order valence-corrected chi connectivity index (χ0v) is 18.5. The van der Waals surface area contributed by atoms with Gasteiger partial charge in [-0.05, 0) is 6.08 Å². The van der Waals surface area contributed by atoms with Gasteiger partial charge in [-0.1, -0.05) is 0 Å². The Bertz CT molecular complexity index is 800. The Kier molecular flexibility index (Phi) is 9.13. The van der Waals surface area contributed by atoms with Gasteiger partial charge in [-0.25, -0.2) is 4.79 Å². The topological polar surface area (TPSA) is 81.9 Å². The summed E-state index contributed by atoms with van der Waals surface area (Å²) in [6, 6.07) is 18.3. The molecule has 2 aromatic carbocycles. The van der Waals surface area contributed by atoms with Gasteiger partial charge in [-0.3, -0.25) is 0 Å². The van der Waals surface area contributed by atoms with Crippen molar-refractivity contribution in [2.75, 3.05) is 20.6 Å². The van der Waals surface area contributed by atoms with E-state index in [0.717, 1.165) is 0 Å². The van der Waals surface area contributed by atoms with Crippen molar-refractivity contribution in [3.63, 3.8) is 0 Å². The summed E-state index contributed by atoms with van der Waals surface area (Å²) in [4.78, 5) is 20.5. The van der Waals surface area contributed by atoms with Crippen LogP contribution in [0.1, 0.15) is 35.4 Å². The molecule has 1 aliphatic rings. The quantitative estimate of drug-likeness (QED) is 0.469.